The van der Waals surface area contributed by atoms with E-state index in [1.165, 1.54) is 27.8 Å². The Hall–Kier alpha value is -2.00. The van der Waals surface area contributed by atoms with E-state index in [4.69, 9.17) is 9.47 Å². The summed E-state index contributed by atoms with van der Waals surface area (Å²) in [6.07, 6.45) is 1.07. The number of benzene rings is 2. The summed E-state index contributed by atoms with van der Waals surface area (Å²) in [6, 6.07) is 11.3. The van der Waals surface area contributed by atoms with Crippen molar-refractivity contribution in [2.75, 3.05) is 20.8 Å². The minimum atomic E-state index is 0.337. The van der Waals surface area contributed by atoms with Crippen molar-refractivity contribution < 1.29 is 14.8 Å². The highest BCUT2D eigenvalue weighted by molar-refractivity contribution is 5.51. The maximum absolute atomic E-state index is 5.50. The standard InChI is InChI=1S/C19H23NO2/c1-12-5-6-15(13(2)9-12)19-16-11-18(22-4)17(21-3)10-14(16)7-8-20-19/h5-6,9-11,19-20H,7-8H2,1-4H3/p+1/t19-/m0/s1. The Bertz CT molecular complexity index is 694. The van der Waals surface area contributed by atoms with Gasteiger partial charge < -0.3 is 14.8 Å². The van der Waals surface area contributed by atoms with Crippen LogP contribution in [0.4, 0.5) is 0 Å². The minimum absolute atomic E-state index is 0.337. The van der Waals surface area contributed by atoms with E-state index in [9.17, 15) is 0 Å². The molecule has 1 heterocycles. The van der Waals surface area contributed by atoms with Gasteiger partial charge in [-0.2, -0.15) is 0 Å². The topological polar surface area (TPSA) is 35.1 Å². The molecular formula is C19H24NO2+. The first kappa shape index (κ1) is 14.9. The fraction of sp³-hybridized carbons (Fsp3) is 0.368. The van der Waals surface area contributed by atoms with Gasteiger partial charge in [0.2, 0.25) is 0 Å². The quantitative estimate of drug-likeness (QED) is 0.945. The largest absolute Gasteiger partial charge is 0.493 e. The number of nitrogens with two attached hydrogens (primary N) is 1. The molecule has 3 rings (SSSR count). The first-order chi connectivity index (χ1) is 10.6. The molecule has 2 aromatic rings. The van der Waals surface area contributed by atoms with Crippen LogP contribution < -0.4 is 14.8 Å². The third kappa shape index (κ3) is 2.57. The van der Waals surface area contributed by atoms with Crippen LogP contribution in [0, 0.1) is 13.8 Å². The van der Waals surface area contributed by atoms with Gasteiger partial charge in [-0.1, -0.05) is 23.8 Å². The number of quaternary nitrogens is 1. The van der Waals surface area contributed by atoms with Gasteiger partial charge in [0.25, 0.3) is 0 Å². The van der Waals surface area contributed by atoms with Gasteiger partial charge in [-0.3, -0.25) is 0 Å². The molecule has 116 valence electrons. The van der Waals surface area contributed by atoms with E-state index in [0.717, 1.165) is 24.5 Å². The summed E-state index contributed by atoms with van der Waals surface area (Å²) in [5.74, 6) is 1.63. The molecule has 0 fully saturated rings. The molecule has 3 heteroatoms. The van der Waals surface area contributed by atoms with E-state index in [0.29, 0.717) is 6.04 Å². The van der Waals surface area contributed by atoms with Crippen LogP contribution in [-0.4, -0.2) is 20.8 Å². The third-order valence-electron chi connectivity index (χ3n) is 4.56. The van der Waals surface area contributed by atoms with Gasteiger partial charge in [0.15, 0.2) is 11.5 Å². The molecule has 3 nitrogen and oxygen atoms in total. The monoisotopic (exact) mass is 298 g/mol. The number of hydrogen-bond acceptors (Lipinski definition) is 2. The van der Waals surface area contributed by atoms with Crippen molar-refractivity contribution in [1.82, 2.24) is 0 Å². The number of methoxy groups -OCH3 is 2. The molecule has 0 saturated heterocycles. The summed E-state index contributed by atoms with van der Waals surface area (Å²) in [4.78, 5) is 0. The lowest BCUT2D eigenvalue weighted by Crippen LogP contribution is -2.87. The van der Waals surface area contributed by atoms with Crippen molar-refractivity contribution in [3.05, 3.63) is 58.1 Å². The summed E-state index contributed by atoms with van der Waals surface area (Å²) in [5.41, 5.74) is 6.76. The lowest BCUT2D eigenvalue weighted by atomic mass is 9.87. The zero-order valence-corrected chi connectivity index (χ0v) is 13.8. The van der Waals surface area contributed by atoms with Crippen LogP contribution in [0.5, 0.6) is 11.5 Å². The molecule has 0 aliphatic carbocycles. The highest BCUT2D eigenvalue weighted by atomic mass is 16.5. The van der Waals surface area contributed by atoms with Crippen molar-refractivity contribution in [2.24, 2.45) is 0 Å². The Kier molecular flexibility index (Phi) is 4.08. The summed E-state index contributed by atoms with van der Waals surface area (Å²) >= 11 is 0. The average molecular weight is 298 g/mol. The molecular weight excluding hydrogens is 274 g/mol. The number of rotatable bonds is 3. The van der Waals surface area contributed by atoms with Crippen LogP contribution in [0.1, 0.15) is 33.9 Å². The maximum Gasteiger partial charge on any atom is 0.161 e. The first-order valence-electron chi connectivity index (χ1n) is 7.79. The van der Waals surface area contributed by atoms with Crippen molar-refractivity contribution in [2.45, 2.75) is 26.3 Å². The Morgan fingerprint density at radius 1 is 0.955 bits per heavy atom. The van der Waals surface area contributed by atoms with Crippen LogP contribution in [-0.2, 0) is 6.42 Å². The minimum Gasteiger partial charge on any atom is -0.493 e. The van der Waals surface area contributed by atoms with Gasteiger partial charge in [0, 0.05) is 17.5 Å². The SMILES string of the molecule is COc1cc2c(cc1OC)[C@H](c1ccc(C)cc1C)[NH2+]CC2. The molecule has 2 N–H and O–H groups in total. The summed E-state index contributed by atoms with van der Waals surface area (Å²) in [5, 5.41) is 2.42. The predicted octanol–water partition coefficient (Wildman–Crippen LogP) is 2.53. The number of aryl methyl sites for hydroxylation is 2. The van der Waals surface area contributed by atoms with Gasteiger partial charge in [0.1, 0.15) is 6.04 Å². The van der Waals surface area contributed by atoms with Gasteiger partial charge in [-0.15, -0.1) is 0 Å². The zero-order chi connectivity index (χ0) is 15.7. The Labute approximate surface area is 132 Å². The fourth-order valence-electron chi connectivity index (χ4n) is 3.44. The molecule has 0 radical (unpaired) electrons. The summed E-state index contributed by atoms with van der Waals surface area (Å²) in [7, 11) is 3.39. The Morgan fingerprint density at radius 3 is 2.36 bits per heavy atom. The van der Waals surface area contributed by atoms with E-state index >= 15 is 0 Å². The molecule has 0 unspecified atom stereocenters. The highest BCUT2D eigenvalue weighted by Gasteiger charge is 2.28. The van der Waals surface area contributed by atoms with Crippen molar-refractivity contribution in [3.8, 4) is 11.5 Å². The van der Waals surface area contributed by atoms with Gasteiger partial charge >= 0.3 is 0 Å². The van der Waals surface area contributed by atoms with Crippen molar-refractivity contribution >= 4 is 0 Å². The third-order valence-corrected chi connectivity index (χ3v) is 4.56. The predicted molar refractivity (Wildman–Crippen MR) is 87.8 cm³/mol. The van der Waals surface area contributed by atoms with Gasteiger partial charge in [-0.05, 0) is 37.1 Å². The molecule has 0 bridgehead atoms. The van der Waals surface area contributed by atoms with Crippen molar-refractivity contribution in [1.29, 1.82) is 0 Å². The highest BCUT2D eigenvalue weighted by Crippen LogP contribution is 2.36. The Morgan fingerprint density at radius 2 is 1.68 bits per heavy atom. The molecule has 1 aliphatic rings. The second-order valence-corrected chi connectivity index (χ2v) is 6.02. The van der Waals surface area contributed by atoms with E-state index in [1.807, 2.05) is 0 Å². The summed E-state index contributed by atoms with van der Waals surface area (Å²) < 4.78 is 10.9. The first-order valence-corrected chi connectivity index (χ1v) is 7.79. The molecule has 0 amide bonds. The summed E-state index contributed by atoms with van der Waals surface area (Å²) in [6.45, 7) is 5.44. The number of fused-ring (bicyclic) bond motifs is 1. The van der Waals surface area contributed by atoms with Crippen molar-refractivity contribution in [3.63, 3.8) is 0 Å². The molecule has 22 heavy (non-hydrogen) atoms. The van der Waals surface area contributed by atoms with Crippen LogP contribution in [0.2, 0.25) is 0 Å². The van der Waals surface area contributed by atoms with E-state index in [2.05, 4.69) is 49.5 Å². The maximum atomic E-state index is 5.50. The zero-order valence-electron chi connectivity index (χ0n) is 13.8. The Balaban J connectivity index is 2.10. The molecule has 2 aromatic carbocycles. The van der Waals surface area contributed by atoms with E-state index in [-0.39, 0.29) is 0 Å². The van der Waals surface area contributed by atoms with E-state index in [1.54, 1.807) is 14.2 Å². The van der Waals surface area contributed by atoms with Gasteiger partial charge in [-0.25, -0.2) is 0 Å². The van der Waals surface area contributed by atoms with Gasteiger partial charge in [0.05, 0.1) is 20.8 Å². The van der Waals surface area contributed by atoms with E-state index < -0.39 is 0 Å². The van der Waals surface area contributed by atoms with Crippen LogP contribution >= 0.6 is 0 Å². The molecule has 0 saturated carbocycles. The molecule has 0 aromatic heterocycles. The lowest BCUT2D eigenvalue weighted by molar-refractivity contribution is -0.690. The molecule has 1 aliphatic heterocycles. The lowest BCUT2D eigenvalue weighted by Gasteiger charge is -2.26. The molecule has 1 atom stereocenters. The number of ether oxygens (including phenoxy) is 2. The van der Waals surface area contributed by atoms with Crippen LogP contribution in [0.3, 0.4) is 0 Å². The van der Waals surface area contributed by atoms with Crippen LogP contribution in [0.25, 0.3) is 0 Å². The second-order valence-electron chi connectivity index (χ2n) is 6.02. The second kappa shape index (κ2) is 6.01. The molecule has 0 spiro atoms. The fourth-order valence-corrected chi connectivity index (χ4v) is 3.44. The smallest absolute Gasteiger partial charge is 0.161 e. The normalized spacial score (nSPS) is 17.0. The van der Waals surface area contributed by atoms with Crippen LogP contribution in [0.15, 0.2) is 30.3 Å². The number of hydrogen-bond donors (Lipinski definition) is 1. The average Bonchev–Trinajstić information content (AvgIpc) is 2.53.